The van der Waals surface area contributed by atoms with Gasteiger partial charge < -0.3 is 0 Å². The molecular formula is C10H9FN2S. The van der Waals surface area contributed by atoms with Crippen molar-refractivity contribution < 1.29 is 4.39 Å². The van der Waals surface area contributed by atoms with Crippen LogP contribution >= 0.6 is 11.3 Å². The summed E-state index contributed by atoms with van der Waals surface area (Å²) in [5, 5.41) is 9.86. The molecule has 0 fully saturated rings. The van der Waals surface area contributed by atoms with Crippen molar-refractivity contribution in [2.24, 2.45) is 0 Å². The third kappa shape index (κ3) is 2.14. The molecule has 0 spiro atoms. The van der Waals surface area contributed by atoms with Crippen LogP contribution in [0, 0.1) is 12.7 Å². The van der Waals surface area contributed by atoms with Gasteiger partial charge in [-0.2, -0.15) is 0 Å². The Hall–Kier alpha value is -1.29. The van der Waals surface area contributed by atoms with Crippen molar-refractivity contribution in [2.45, 2.75) is 13.3 Å². The van der Waals surface area contributed by atoms with Crippen LogP contribution in [0.2, 0.25) is 0 Å². The van der Waals surface area contributed by atoms with E-state index in [1.54, 1.807) is 23.5 Å². The van der Waals surface area contributed by atoms with Crippen LogP contribution in [0.1, 0.15) is 15.6 Å². The Morgan fingerprint density at radius 1 is 1.21 bits per heavy atom. The summed E-state index contributed by atoms with van der Waals surface area (Å²) in [4.78, 5) is 0. The van der Waals surface area contributed by atoms with Crippen LogP contribution < -0.4 is 0 Å². The lowest BCUT2D eigenvalue weighted by molar-refractivity contribution is 0.627. The Bertz CT molecular complexity index is 422. The first-order valence-corrected chi connectivity index (χ1v) is 5.09. The van der Waals surface area contributed by atoms with Gasteiger partial charge in [-0.15, -0.1) is 21.5 Å². The van der Waals surface area contributed by atoms with Crippen molar-refractivity contribution in [1.29, 1.82) is 0 Å². The van der Waals surface area contributed by atoms with Crippen molar-refractivity contribution in [3.63, 3.8) is 0 Å². The summed E-state index contributed by atoms with van der Waals surface area (Å²) < 4.78 is 12.6. The van der Waals surface area contributed by atoms with E-state index in [1.807, 2.05) is 6.92 Å². The molecule has 2 rings (SSSR count). The largest absolute Gasteiger partial charge is 0.207 e. The summed E-state index contributed by atoms with van der Waals surface area (Å²) in [6.45, 7) is 1.92. The summed E-state index contributed by atoms with van der Waals surface area (Å²) in [7, 11) is 0. The Kier molecular flexibility index (Phi) is 2.54. The topological polar surface area (TPSA) is 25.8 Å². The zero-order valence-corrected chi connectivity index (χ0v) is 8.51. The maximum absolute atomic E-state index is 12.6. The molecule has 0 saturated heterocycles. The van der Waals surface area contributed by atoms with Crippen molar-refractivity contribution in [3.05, 3.63) is 45.7 Å². The number of benzene rings is 1. The molecule has 0 aliphatic carbocycles. The lowest BCUT2D eigenvalue weighted by Gasteiger charge is -1.95. The zero-order chi connectivity index (χ0) is 9.97. The molecule has 0 saturated carbocycles. The smallest absolute Gasteiger partial charge is 0.123 e. The van der Waals surface area contributed by atoms with Crippen LogP contribution in [-0.4, -0.2) is 10.2 Å². The van der Waals surface area contributed by atoms with Crippen molar-refractivity contribution in [3.8, 4) is 0 Å². The fourth-order valence-electron chi connectivity index (χ4n) is 1.19. The van der Waals surface area contributed by atoms with E-state index < -0.39 is 0 Å². The Morgan fingerprint density at radius 2 is 1.93 bits per heavy atom. The number of nitrogens with zero attached hydrogens (tertiary/aromatic N) is 2. The molecule has 14 heavy (non-hydrogen) atoms. The van der Waals surface area contributed by atoms with Gasteiger partial charge in [0.05, 0.1) is 0 Å². The number of rotatable bonds is 2. The highest BCUT2D eigenvalue weighted by molar-refractivity contribution is 7.11. The summed E-state index contributed by atoms with van der Waals surface area (Å²) in [6, 6.07) is 6.46. The summed E-state index contributed by atoms with van der Waals surface area (Å²) in [5.74, 6) is -0.206. The number of aryl methyl sites for hydroxylation is 1. The molecule has 0 radical (unpaired) electrons. The van der Waals surface area contributed by atoms with Crippen LogP contribution in [0.15, 0.2) is 24.3 Å². The van der Waals surface area contributed by atoms with Gasteiger partial charge in [0.2, 0.25) is 0 Å². The minimum absolute atomic E-state index is 0.206. The van der Waals surface area contributed by atoms with Crippen LogP contribution in [0.4, 0.5) is 4.39 Å². The van der Waals surface area contributed by atoms with E-state index in [4.69, 9.17) is 0 Å². The second-order valence-corrected chi connectivity index (χ2v) is 4.28. The maximum atomic E-state index is 12.6. The molecule has 0 atom stereocenters. The van der Waals surface area contributed by atoms with Gasteiger partial charge in [0.1, 0.15) is 15.8 Å². The average molecular weight is 208 g/mol. The van der Waals surface area contributed by atoms with E-state index in [2.05, 4.69) is 10.2 Å². The van der Waals surface area contributed by atoms with Crippen molar-refractivity contribution >= 4 is 11.3 Å². The van der Waals surface area contributed by atoms with Gasteiger partial charge in [-0.25, -0.2) is 4.39 Å². The predicted molar refractivity (Wildman–Crippen MR) is 53.9 cm³/mol. The highest BCUT2D eigenvalue weighted by Gasteiger charge is 2.01. The second-order valence-electron chi connectivity index (χ2n) is 3.02. The highest BCUT2D eigenvalue weighted by atomic mass is 32.1. The fraction of sp³-hybridized carbons (Fsp3) is 0.200. The number of aromatic nitrogens is 2. The Morgan fingerprint density at radius 3 is 2.50 bits per heavy atom. The second kappa shape index (κ2) is 3.84. The Labute approximate surface area is 85.4 Å². The third-order valence-electron chi connectivity index (χ3n) is 1.84. The maximum Gasteiger partial charge on any atom is 0.123 e. The molecule has 0 bridgehead atoms. The molecule has 0 unspecified atom stereocenters. The molecule has 2 aromatic rings. The lowest BCUT2D eigenvalue weighted by Crippen LogP contribution is -1.87. The quantitative estimate of drug-likeness (QED) is 0.758. The van der Waals surface area contributed by atoms with E-state index >= 15 is 0 Å². The fourth-order valence-corrected chi connectivity index (χ4v) is 1.93. The predicted octanol–water partition coefficient (Wildman–Crippen LogP) is 2.58. The number of halogens is 1. The molecule has 0 aliphatic heterocycles. The number of hydrogen-bond acceptors (Lipinski definition) is 3. The Balaban J connectivity index is 2.15. The highest BCUT2D eigenvalue weighted by Crippen LogP contribution is 2.13. The molecule has 1 aromatic carbocycles. The third-order valence-corrected chi connectivity index (χ3v) is 2.68. The van der Waals surface area contributed by atoms with E-state index in [0.29, 0.717) is 0 Å². The summed E-state index contributed by atoms with van der Waals surface area (Å²) >= 11 is 1.57. The molecule has 1 heterocycles. The van der Waals surface area contributed by atoms with Crippen LogP contribution in [0.5, 0.6) is 0 Å². The van der Waals surface area contributed by atoms with Crippen molar-refractivity contribution in [2.75, 3.05) is 0 Å². The molecule has 0 N–H and O–H groups in total. The standard InChI is InChI=1S/C10H9FN2S/c1-7-12-13-10(14-7)6-8-2-4-9(11)5-3-8/h2-5H,6H2,1H3. The zero-order valence-electron chi connectivity index (χ0n) is 7.70. The molecule has 2 nitrogen and oxygen atoms in total. The normalized spacial score (nSPS) is 10.4. The molecular weight excluding hydrogens is 199 g/mol. The molecule has 4 heteroatoms. The molecule has 0 amide bonds. The average Bonchev–Trinajstić information content (AvgIpc) is 2.56. The first kappa shape index (κ1) is 9.27. The van der Waals surface area contributed by atoms with Gasteiger partial charge in [-0.3, -0.25) is 0 Å². The molecule has 72 valence electrons. The SMILES string of the molecule is Cc1nnc(Cc2ccc(F)cc2)s1. The van der Waals surface area contributed by atoms with Gasteiger partial charge in [-0.1, -0.05) is 12.1 Å². The van der Waals surface area contributed by atoms with E-state index in [-0.39, 0.29) is 5.82 Å². The van der Waals surface area contributed by atoms with Gasteiger partial charge >= 0.3 is 0 Å². The van der Waals surface area contributed by atoms with Crippen LogP contribution in [-0.2, 0) is 6.42 Å². The minimum Gasteiger partial charge on any atom is -0.207 e. The van der Waals surface area contributed by atoms with Crippen molar-refractivity contribution in [1.82, 2.24) is 10.2 Å². The molecule has 1 aromatic heterocycles. The van der Waals surface area contributed by atoms with Gasteiger partial charge in [0, 0.05) is 6.42 Å². The number of hydrogen-bond donors (Lipinski definition) is 0. The summed E-state index contributed by atoms with van der Waals surface area (Å²) in [6.07, 6.45) is 0.728. The van der Waals surface area contributed by atoms with Gasteiger partial charge in [0.15, 0.2) is 0 Å². The van der Waals surface area contributed by atoms with E-state index in [0.717, 1.165) is 22.0 Å². The van der Waals surface area contributed by atoms with Gasteiger partial charge in [0.25, 0.3) is 0 Å². The molecule has 0 aliphatic rings. The lowest BCUT2D eigenvalue weighted by atomic mass is 10.2. The summed E-state index contributed by atoms with van der Waals surface area (Å²) in [5.41, 5.74) is 1.06. The van der Waals surface area contributed by atoms with E-state index in [9.17, 15) is 4.39 Å². The minimum atomic E-state index is -0.206. The monoisotopic (exact) mass is 208 g/mol. The van der Waals surface area contributed by atoms with Gasteiger partial charge in [-0.05, 0) is 24.6 Å². The van der Waals surface area contributed by atoms with Crippen LogP contribution in [0.25, 0.3) is 0 Å². The first-order valence-electron chi connectivity index (χ1n) is 4.27. The van der Waals surface area contributed by atoms with E-state index in [1.165, 1.54) is 12.1 Å². The first-order chi connectivity index (χ1) is 6.74. The van der Waals surface area contributed by atoms with Crippen LogP contribution in [0.3, 0.4) is 0 Å².